The second-order valence-electron chi connectivity index (χ2n) is 4.63. The molecule has 9 heteroatoms. The van der Waals surface area contributed by atoms with E-state index in [0.29, 0.717) is 6.54 Å². The average Bonchev–Trinajstić information content (AvgIpc) is 2.53. The van der Waals surface area contributed by atoms with E-state index in [9.17, 15) is 18.0 Å². The second kappa shape index (κ2) is 8.85. The van der Waals surface area contributed by atoms with Crippen LogP contribution in [0.25, 0.3) is 0 Å². The summed E-state index contributed by atoms with van der Waals surface area (Å²) >= 11 is 5.89. The third kappa shape index (κ3) is 5.81. The van der Waals surface area contributed by atoms with Crippen molar-refractivity contribution < 1.29 is 22.7 Å². The molecule has 0 heterocycles. The van der Waals surface area contributed by atoms with Gasteiger partial charge < -0.3 is 10.1 Å². The van der Waals surface area contributed by atoms with Crippen LogP contribution in [-0.2, 0) is 19.6 Å². The number of rotatable bonds is 8. The maximum absolute atomic E-state index is 12.0. The van der Waals surface area contributed by atoms with E-state index < -0.39 is 28.5 Å². The molecule has 7 nitrogen and oxygen atoms in total. The lowest BCUT2D eigenvalue weighted by Crippen LogP contribution is -2.29. The summed E-state index contributed by atoms with van der Waals surface area (Å²) in [5.41, 5.74) is -0.121. The lowest BCUT2D eigenvalue weighted by Gasteiger charge is -2.09. The Labute approximate surface area is 140 Å². The van der Waals surface area contributed by atoms with Crippen molar-refractivity contribution in [2.45, 2.75) is 24.7 Å². The minimum atomic E-state index is -3.71. The number of esters is 1. The Hall–Kier alpha value is -1.64. The normalized spacial score (nSPS) is 11.1. The summed E-state index contributed by atoms with van der Waals surface area (Å²) in [5.74, 6) is -1.30. The van der Waals surface area contributed by atoms with Crippen molar-refractivity contribution in [3.63, 3.8) is 0 Å². The average molecular weight is 363 g/mol. The van der Waals surface area contributed by atoms with Gasteiger partial charge in [0, 0.05) is 6.54 Å². The van der Waals surface area contributed by atoms with Crippen molar-refractivity contribution in [1.82, 2.24) is 10.0 Å². The van der Waals surface area contributed by atoms with Crippen molar-refractivity contribution in [1.29, 1.82) is 0 Å². The van der Waals surface area contributed by atoms with E-state index in [0.717, 1.165) is 18.9 Å². The van der Waals surface area contributed by atoms with E-state index in [1.165, 1.54) is 19.2 Å². The van der Waals surface area contributed by atoms with Gasteiger partial charge in [-0.25, -0.2) is 17.9 Å². The van der Waals surface area contributed by atoms with E-state index in [1.54, 1.807) is 0 Å². The van der Waals surface area contributed by atoms with E-state index in [2.05, 4.69) is 10.0 Å². The van der Waals surface area contributed by atoms with Crippen molar-refractivity contribution in [2.24, 2.45) is 0 Å². The highest BCUT2D eigenvalue weighted by Crippen LogP contribution is 2.21. The molecule has 0 saturated heterocycles. The minimum absolute atomic E-state index is 0.0384. The first-order valence-corrected chi connectivity index (χ1v) is 8.84. The molecule has 0 aromatic heterocycles. The zero-order valence-electron chi connectivity index (χ0n) is 12.9. The molecule has 0 atom stereocenters. The summed E-state index contributed by atoms with van der Waals surface area (Å²) in [5, 5.41) is 2.63. The number of hydrogen-bond acceptors (Lipinski definition) is 5. The largest absolute Gasteiger partial charge is 0.452 e. The van der Waals surface area contributed by atoms with Crippen molar-refractivity contribution in [2.75, 3.05) is 20.2 Å². The van der Waals surface area contributed by atoms with Crippen LogP contribution < -0.4 is 10.0 Å². The highest BCUT2D eigenvalue weighted by molar-refractivity contribution is 7.89. The van der Waals surface area contributed by atoms with Gasteiger partial charge in [0.25, 0.3) is 5.91 Å². The molecule has 0 aliphatic carbocycles. The molecule has 0 spiro atoms. The first-order valence-electron chi connectivity index (χ1n) is 6.98. The molecule has 2 N–H and O–H groups in total. The molecule has 0 radical (unpaired) electrons. The molecular weight excluding hydrogens is 344 g/mol. The van der Waals surface area contributed by atoms with Crippen LogP contribution in [0.1, 0.15) is 30.1 Å². The van der Waals surface area contributed by atoms with Gasteiger partial charge in [-0.05, 0) is 31.7 Å². The number of sulfonamides is 1. The molecule has 0 fully saturated rings. The van der Waals surface area contributed by atoms with Crippen LogP contribution in [0.4, 0.5) is 0 Å². The van der Waals surface area contributed by atoms with Crippen LogP contribution in [0.15, 0.2) is 23.1 Å². The number of benzene rings is 1. The number of unbranched alkanes of at least 4 members (excludes halogenated alkanes) is 1. The van der Waals surface area contributed by atoms with E-state index in [4.69, 9.17) is 16.3 Å². The minimum Gasteiger partial charge on any atom is -0.452 e. The van der Waals surface area contributed by atoms with E-state index in [1.807, 2.05) is 6.92 Å². The SMILES string of the molecule is CCCCNC(=O)COC(=O)c1cc(S(=O)(=O)NC)ccc1Cl. The zero-order chi connectivity index (χ0) is 17.5. The summed E-state index contributed by atoms with van der Waals surface area (Å²) in [6.07, 6.45) is 1.76. The molecule has 0 bridgehead atoms. The number of amides is 1. The predicted molar refractivity (Wildman–Crippen MR) is 85.9 cm³/mol. The van der Waals surface area contributed by atoms with Gasteiger partial charge >= 0.3 is 5.97 Å². The van der Waals surface area contributed by atoms with Gasteiger partial charge in [0.15, 0.2) is 6.61 Å². The fourth-order valence-electron chi connectivity index (χ4n) is 1.61. The van der Waals surface area contributed by atoms with Gasteiger partial charge in [0.05, 0.1) is 15.5 Å². The van der Waals surface area contributed by atoms with E-state index >= 15 is 0 Å². The molecular formula is C14H19ClN2O5S. The number of halogens is 1. The molecule has 23 heavy (non-hydrogen) atoms. The first kappa shape index (κ1) is 19.4. The topological polar surface area (TPSA) is 102 Å². The third-order valence-corrected chi connectivity index (χ3v) is 4.67. The van der Waals surface area contributed by atoms with Gasteiger partial charge in [-0.15, -0.1) is 0 Å². The number of carbonyl (C=O) groups excluding carboxylic acids is 2. The smallest absolute Gasteiger partial charge is 0.340 e. The summed E-state index contributed by atoms with van der Waals surface area (Å²) in [6, 6.07) is 3.65. The summed E-state index contributed by atoms with van der Waals surface area (Å²) in [6.45, 7) is 2.03. The highest BCUT2D eigenvalue weighted by atomic mass is 35.5. The first-order chi connectivity index (χ1) is 10.8. The second-order valence-corrected chi connectivity index (χ2v) is 6.92. The van der Waals surface area contributed by atoms with Crippen LogP contribution in [0.5, 0.6) is 0 Å². The lowest BCUT2D eigenvalue weighted by atomic mass is 10.2. The maximum Gasteiger partial charge on any atom is 0.340 e. The Morgan fingerprint density at radius 1 is 1.30 bits per heavy atom. The van der Waals surface area contributed by atoms with Crippen molar-refractivity contribution in [3.8, 4) is 0 Å². The van der Waals surface area contributed by atoms with Crippen molar-refractivity contribution >= 4 is 33.5 Å². The summed E-state index contributed by atoms with van der Waals surface area (Å²) < 4.78 is 30.4. The van der Waals surface area contributed by atoms with Crippen LogP contribution in [0, 0.1) is 0 Å². The van der Waals surface area contributed by atoms with Crippen LogP contribution in [0.3, 0.4) is 0 Å². The van der Waals surface area contributed by atoms with Gasteiger partial charge in [0.2, 0.25) is 10.0 Å². The highest BCUT2D eigenvalue weighted by Gasteiger charge is 2.19. The summed E-state index contributed by atoms with van der Waals surface area (Å²) in [4.78, 5) is 23.3. The lowest BCUT2D eigenvalue weighted by molar-refractivity contribution is -0.124. The zero-order valence-corrected chi connectivity index (χ0v) is 14.5. The van der Waals surface area contributed by atoms with Crippen LogP contribution >= 0.6 is 11.6 Å². The van der Waals surface area contributed by atoms with E-state index in [-0.39, 0.29) is 15.5 Å². The molecule has 0 unspecified atom stereocenters. The van der Waals surface area contributed by atoms with Crippen LogP contribution in [-0.4, -0.2) is 40.5 Å². The standard InChI is InChI=1S/C14H19ClN2O5S/c1-3-4-7-17-13(18)9-22-14(19)11-8-10(5-6-12(11)15)23(20,21)16-2/h5-6,8,16H,3-4,7,9H2,1-2H3,(H,17,18). The molecule has 1 rings (SSSR count). The number of carbonyl (C=O) groups is 2. The van der Waals surface area contributed by atoms with Gasteiger partial charge in [0.1, 0.15) is 0 Å². The number of ether oxygens (including phenoxy) is 1. The Bertz CT molecular complexity index is 676. The predicted octanol–water partition coefficient (Wildman–Crippen LogP) is 1.32. The maximum atomic E-state index is 12.0. The molecule has 0 saturated carbocycles. The van der Waals surface area contributed by atoms with Crippen molar-refractivity contribution in [3.05, 3.63) is 28.8 Å². The van der Waals surface area contributed by atoms with Gasteiger partial charge in [-0.3, -0.25) is 4.79 Å². The van der Waals surface area contributed by atoms with Gasteiger partial charge in [-0.1, -0.05) is 24.9 Å². The fraction of sp³-hybridized carbons (Fsp3) is 0.429. The molecule has 0 aliphatic heterocycles. The Morgan fingerprint density at radius 3 is 2.61 bits per heavy atom. The molecule has 1 amide bonds. The summed E-state index contributed by atoms with van der Waals surface area (Å²) in [7, 11) is -2.46. The van der Waals surface area contributed by atoms with Crippen LogP contribution in [0.2, 0.25) is 5.02 Å². The monoisotopic (exact) mass is 362 g/mol. The number of hydrogen-bond donors (Lipinski definition) is 2. The number of nitrogens with one attached hydrogen (secondary N) is 2. The Balaban J connectivity index is 2.76. The molecule has 1 aromatic carbocycles. The Kier molecular flexibility index (Phi) is 7.47. The fourth-order valence-corrected chi connectivity index (χ4v) is 2.56. The quantitative estimate of drug-likeness (QED) is 0.536. The van der Waals surface area contributed by atoms with Gasteiger partial charge in [-0.2, -0.15) is 0 Å². The molecule has 128 valence electrons. The third-order valence-electron chi connectivity index (χ3n) is 2.92. The molecule has 1 aromatic rings. The Morgan fingerprint density at radius 2 is 2.00 bits per heavy atom. The molecule has 0 aliphatic rings.